The van der Waals surface area contributed by atoms with E-state index in [0.717, 1.165) is 30.4 Å². The van der Waals surface area contributed by atoms with E-state index < -0.39 is 10.0 Å². The third kappa shape index (κ3) is 4.85. The summed E-state index contributed by atoms with van der Waals surface area (Å²) in [4.78, 5) is 13.0. The number of amides is 1. The van der Waals surface area contributed by atoms with Crippen LogP contribution in [0.25, 0.3) is 0 Å². The number of ether oxygens (including phenoxy) is 1. The number of rotatable bonds is 6. The Morgan fingerprint density at radius 1 is 1.21 bits per heavy atom. The first-order chi connectivity index (χ1) is 13.7. The summed E-state index contributed by atoms with van der Waals surface area (Å²) < 4.78 is 31.6. The molecule has 0 saturated heterocycles. The van der Waals surface area contributed by atoms with Crippen LogP contribution in [0.3, 0.4) is 0 Å². The lowest BCUT2D eigenvalue weighted by molar-refractivity contribution is 0.0227. The highest BCUT2D eigenvalue weighted by molar-refractivity contribution is 7.92. The maximum atomic E-state index is 13.0. The predicted octanol–water partition coefficient (Wildman–Crippen LogP) is 4.52. The minimum absolute atomic E-state index is 0.211. The van der Waals surface area contributed by atoms with Crippen LogP contribution < -0.4 is 14.8 Å². The number of nitrogens with one attached hydrogen (secondary N) is 2. The van der Waals surface area contributed by atoms with Gasteiger partial charge in [-0.25, -0.2) is 8.42 Å². The third-order valence-electron chi connectivity index (χ3n) is 5.31. The van der Waals surface area contributed by atoms with Crippen molar-refractivity contribution in [1.29, 1.82) is 0 Å². The van der Waals surface area contributed by atoms with Crippen LogP contribution in [0.2, 0.25) is 5.02 Å². The number of hydrogen-bond acceptors (Lipinski definition) is 4. The summed E-state index contributed by atoms with van der Waals surface area (Å²) in [5, 5.41) is 3.31. The minimum Gasteiger partial charge on any atom is -0.487 e. The van der Waals surface area contributed by atoms with Gasteiger partial charge in [0, 0.05) is 17.7 Å². The van der Waals surface area contributed by atoms with Crippen LogP contribution in [0.1, 0.15) is 55.1 Å². The number of sulfonamides is 1. The molecule has 2 aromatic rings. The molecule has 29 heavy (non-hydrogen) atoms. The molecular weight excluding hydrogens is 412 g/mol. The molecule has 1 amide bonds. The predicted molar refractivity (Wildman–Crippen MR) is 115 cm³/mol. The molecule has 6 nitrogen and oxygen atoms in total. The van der Waals surface area contributed by atoms with Crippen molar-refractivity contribution >= 4 is 33.2 Å². The fraction of sp³-hybridized carbons (Fsp3) is 0.381. The van der Waals surface area contributed by atoms with Crippen LogP contribution in [0.4, 0.5) is 5.69 Å². The summed E-state index contributed by atoms with van der Waals surface area (Å²) in [6.07, 6.45) is 3.33. The van der Waals surface area contributed by atoms with E-state index >= 15 is 0 Å². The number of para-hydroxylation sites is 1. The molecular formula is C21H25ClN2O4S. The van der Waals surface area contributed by atoms with Crippen molar-refractivity contribution in [2.24, 2.45) is 0 Å². The molecule has 1 atom stereocenters. The van der Waals surface area contributed by atoms with Gasteiger partial charge in [0.25, 0.3) is 5.91 Å². The Morgan fingerprint density at radius 2 is 1.90 bits per heavy atom. The fourth-order valence-corrected chi connectivity index (χ4v) is 4.40. The molecule has 0 saturated carbocycles. The standard InChI is InChI=1S/C21H25ClN2O4S/c1-4-21(5-2)13-18(15-8-6-7-9-19(15)28-21)23-20(25)16-12-14(10-11-17(16)22)24-29(3,26)27/h6-12,18,24H,4-5,13H2,1-3H3,(H,23,25)/t18-/m0/s1. The number of anilines is 1. The summed E-state index contributed by atoms with van der Waals surface area (Å²) in [5.41, 5.74) is 1.06. The van der Waals surface area contributed by atoms with E-state index in [1.807, 2.05) is 24.3 Å². The molecule has 2 N–H and O–H groups in total. The van der Waals surface area contributed by atoms with Crippen molar-refractivity contribution in [2.45, 2.75) is 44.8 Å². The molecule has 0 aromatic heterocycles. The quantitative estimate of drug-likeness (QED) is 0.697. The SMILES string of the molecule is CCC1(CC)C[C@H](NC(=O)c2cc(NS(C)(=O)=O)ccc2Cl)c2ccccc2O1. The molecule has 0 spiro atoms. The Bertz CT molecular complexity index is 1020. The number of halogens is 1. The van der Waals surface area contributed by atoms with Gasteiger partial charge in [-0.05, 0) is 37.1 Å². The smallest absolute Gasteiger partial charge is 0.253 e. The van der Waals surface area contributed by atoms with Crippen LogP contribution in [-0.4, -0.2) is 26.2 Å². The topological polar surface area (TPSA) is 84.5 Å². The molecule has 156 valence electrons. The van der Waals surface area contributed by atoms with Gasteiger partial charge in [-0.15, -0.1) is 0 Å². The number of fused-ring (bicyclic) bond motifs is 1. The Morgan fingerprint density at radius 3 is 2.55 bits per heavy atom. The van der Waals surface area contributed by atoms with E-state index in [2.05, 4.69) is 23.9 Å². The molecule has 1 aliphatic heterocycles. The number of benzene rings is 2. The van der Waals surface area contributed by atoms with Crippen LogP contribution in [0.15, 0.2) is 42.5 Å². The molecule has 8 heteroatoms. The lowest BCUT2D eigenvalue weighted by atomic mass is 9.83. The Hall–Kier alpha value is -2.25. The van der Waals surface area contributed by atoms with E-state index in [4.69, 9.17) is 16.3 Å². The zero-order chi connectivity index (χ0) is 21.2. The summed E-state index contributed by atoms with van der Waals surface area (Å²) >= 11 is 6.23. The van der Waals surface area contributed by atoms with Gasteiger partial charge in [0.2, 0.25) is 10.0 Å². The van der Waals surface area contributed by atoms with Crippen LogP contribution in [0, 0.1) is 0 Å². The van der Waals surface area contributed by atoms with Crippen LogP contribution >= 0.6 is 11.6 Å². The van der Waals surface area contributed by atoms with Gasteiger partial charge in [0.05, 0.1) is 22.9 Å². The largest absolute Gasteiger partial charge is 0.487 e. The first kappa shape index (κ1) is 21.5. The molecule has 0 radical (unpaired) electrons. The summed E-state index contributed by atoms with van der Waals surface area (Å²) in [6.45, 7) is 4.15. The lowest BCUT2D eigenvalue weighted by Gasteiger charge is -2.41. The van der Waals surface area contributed by atoms with E-state index in [9.17, 15) is 13.2 Å². The highest BCUT2D eigenvalue weighted by atomic mass is 35.5. The number of carbonyl (C=O) groups is 1. The van der Waals surface area contributed by atoms with Crippen molar-refractivity contribution in [1.82, 2.24) is 5.32 Å². The van der Waals surface area contributed by atoms with Crippen LogP contribution in [-0.2, 0) is 10.0 Å². The molecule has 0 bridgehead atoms. The first-order valence-corrected chi connectivity index (χ1v) is 11.8. The minimum atomic E-state index is -3.46. The number of carbonyl (C=O) groups excluding carboxylic acids is 1. The van der Waals surface area contributed by atoms with Crippen molar-refractivity contribution in [3.05, 3.63) is 58.6 Å². The van der Waals surface area contributed by atoms with Crippen molar-refractivity contribution in [3.8, 4) is 5.75 Å². The molecule has 0 unspecified atom stereocenters. The zero-order valence-corrected chi connectivity index (χ0v) is 18.2. The van der Waals surface area contributed by atoms with Crippen molar-refractivity contribution in [2.75, 3.05) is 11.0 Å². The Labute approximate surface area is 176 Å². The molecule has 0 fully saturated rings. The van der Waals surface area contributed by atoms with E-state index in [1.165, 1.54) is 18.2 Å². The zero-order valence-electron chi connectivity index (χ0n) is 16.7. The lowest BCUT2D eigenvalue weighted by Crippen LogP contribution is -2.44. The van der Waals surface area contributed by atoms with E-state index in [1.54, 1.807) is 0 Å². The van der Waals surface area contributed by atoms with Gasteiger partial charge in [-0.2, -0.15) is 0 Å². The van der Waals surface area contributed by atoms with Gasteiger partial charge < -0.3 is 10.1 Å². The van der Waals surface area contributed by atoms with Gasteiger partial charge in [-0.3, -0.25) is 9.52 Å². The fourth-order valence-electron chi connectivity index (χ4n) is 3.64. The average molecular weight is 437 g/mol. The van der Waals surface area contributed by atoms with Crippen molar-refractivity contribution in [3.63, 3.8) is 0 Å². The second-order valence-corrected chi connectivity index (χ2v) is 9.48. The molecule has 0 aliphatic carbocycles. The molecule has 1 heterocycles. The van der Waals surface area contributed by atoms with E-state index in [0.29, 0.717) is 6.42 Å². The normalized spacial score (nSPS) is 17.7. The Balaban J connectivity index is 1.91. The van der Waals surface area contributed by atoms with Crippen molar-refractivity contribution < 1.29 is 17.9 Å². The van der Waals surface area contributed by atoms with Gasteiger partial charge >= 0.3 is 0 Å². The van der Waals surface area contributed by atoms with E-state index in [-0.39, 0.29) is 33.8 Å². The van der Waals surface area contributed by atoms with Gasteiger partial charge in [-0.1, -0.05) is 43.6 Å². The summed E-state index contributed by atoms with van der Waals surface area (Å²) in [7, 11) is -3.46. The molecule has 2 aromatic carbocycles. The highest BCUT2D eigenvalue weighted by Gasteiger charge is 2.39. The second kappa shape index (κ2) is 8.24. The maximum absolute atomic E-state index is 13.0. The van der Waals surface area contributed by atoms with Gasteiger partial charge in [0.1, 0.15) is 11.4 Å². The second-order valence-electron chi connectivity index (χ2n) is 7.33. The molecule has 3 rings (SSSR count). The van der Waals surface area contributed by atoms with Crippen LogP contribution in [0.5, 0.6) is 5.75 Å². The average Bonchev–Trinajstić information content (AvgIpc) is 2.68. The number of hydrogen-bond donors (Lipinski definition) is 2. The van der Waals surface area contributed by atoms with Gasteiger partial charge in [0.15, 0.2) is 0 Å². The molecule has 1 aliphatic rings. The third-order valence-corrected chi connectivity index (χ3v) is 6.24. The maximum Gasteiger partial charge on any atom is 0.253 e. The summed E-state index contributed by atoms with van der Waals surface area (Å²) in [5.74, 6) is 0.404. The monoisotopic (exact) mass is 436 g/mol. The first-order valence-electron chi connectivity index (χ1n) is 9.52. The summed E-state index contributed by atoms with van der Waals surface area (Å²) in [6, 6.07) is 11.9. The highest BCUT2D eigenvalue weighted by Crippen LogP contribution is 2.42. The Kier molecular flexibility index (Phi) is 6.10.